The van der Waals surface area contributed by atoms with Gasteiger partial charge in [0.15, 0.2) is 0 Å². The standard InChI is InChI=1S/C57H78ClN5O11/c1-11-37(2)49(64)61-48(55(3,4)5)52(67)63-24-14-17-45(63)51(66)60-47-42-16-13-12-15-39(42)35-46(47)73-34-32-71-30-28-69-26-25-68-27-29-70-31-33-72-40-20-18-38(19-21-40)50(65)62-53-56(6,7)54(57(53,8)9)74-41-22-23-44(59-10)43(58)36-41/h12-13,15-16,18-23,36-37,45-48,53-54H,11,14,17,24-35H2,1-9H3,(H,60,66)(H,61,64)(H,62,65)/t37-,45+,46-,47+,48-,53?,54?/m1/s1. The maximum atomic E-state index is 14.0. The van der Waals surface area contributed by atoms with E-state index in [1.807, 2.05) is 52.8 Å². The highest BCUT2D eigenvalue weighted by molar-refractivity contribution is 6.33. The number of carbonyl (C=O) groups is 4. The largest absolute Gasteiger partial charge is 0.491 e. The van der Waals surface area contributed by atoms with Gasteiger partial charge in [-0.2, -0.15) is 0 Å². The highest BCUT2D eigenvalue weighted by atomic mass is 35.5. The van der Waals surface area contributed by atoms with E-state index in [2.05, 4.69) is 54.6 Å². The minimum absolute atomic E-state index is 0.154. The summed E-state index contributed by atoms with van der Waals surface area (Å²) in [6.45, 7) is 29.4. The number of hydrogen-bond acceptors (Lipinski definition) is 11. The molecular weight excluding hydrogens is 966 g/mol. The lowest BCUT2D eigenvalue weighted by atomic mass is 9.49. The molecule has 74 heavy (non-hydrogen) atoms. The summed E-state index contributed by atoms with van der Waals surface area (Å²) in [5, 5.41) is 9.79. The van der Waals surface area contributed by atoms with Crippen molar-refractivity contribution in [2.45, 2.75) is 124 Å². The van der Waals surface area contributed by atoms with Crippen molar-refractivity contribution in [2.75, 3.05) is 72.6 Å². The summed E-state index contributed by atoms with van der Waals surface area (Å²) in [7, 11) is 0. The molecule has 0 aromatic heterocycles. The van der Waals surface area contributed by atoms with Crippen molar-refractivity contribution in [1.29, 1.82) is 0 Å². The van der Waals surface area contributed by atoms with Crippen LogP contribution in [0, 0.1) is 28.7 Å². The fourth-order valence-corrected chi connectivity index (χ4v) is 10.7. The van der Waals surface area contributed by atoms with E-state index in [-0.39, 0.29) is 64.7 Å². The quantitative estimate of drug-likeness (QED) is 0.0495. The summed E-state index contributed by atoms with van der Waals surface area (Å²) < 4.78 is 41.2. The van der Waals surface area contributed by atoms with E-state index in [0.29, 0.717) is 126 Å². The summed E-state index contributed by atoms with van der Waals surface area (Å²) >= 11 is 6.24. The van der Waals surface area contributed by atoms with E-state index in [1.54, 1.807) is 47.4 Å². The second kappa shape index (κ2) is 26.5. The van der Waals surface area contributed by atoms with Crippen LogP contribution in [0.2, 0.25) is 5.02 Å². The minimum atomic E-state index is -0.754. The van der Waals surface area contributed by atoms with Crippen LogP contribution in [-0.4, -0.2) is 131 Å². The van der Waals surface area contributed by atoms with Crippen LogP contribution in [0.4, 0.5) is 5.69 Å². The van der Waals surface area contributed by atoms with Crippen molar-refractivity contribution in [1.82, 2.24) is 20.9 Å². The lowest BCUT2D eigenvalue weighted by Gasteiger charge is -2.63. The lowest BCUT2D eigenvalue weighted by Crippen LogP contribution is -2.74. The molecule has 0 radical (unpaired) electrons. The van der Waals surface area contributed by atoms with Gasteiger partial charge in [0.05, 0.1) is 83.2 Å². The first-order valence-corrected chi connectivity index (χ1v) is 26.4. The van der Waals surface area contributed by atoms with E-state index >= 15 is 0 Å². The number of hydrogen-bond donors (Lipinski definition) is 3. The Balaban J connectivity index is 0.798. The van der Waals surface area contributed by atoms with Gasteiger partial charge in [-0.05, 0) is 72.2 Å². The summed E-state index contributed by atoms with van der Waals surface area (Å²) in [6.07, 6.45) is 2.06. The molecule has 17 heteroatoms. The van der Waals surface area contributed by atoms with Crippen molar-refractivity contribution in [3.63, 3.8) is 0 Å². The molecule has 2 fully saturated rings. The molecule has 3 aliphatic rings. The van der Waals surface area contributed by atoms with Crippen LogP contribution in [0.15, 0.2) is 66.7 Å². The van der Waals surface area contributed by atoms with Crippen LogP contribution in [0.5, 0.6) is 11.5 Å². The Bertz CT molecular complexity index is 2390. The zero-order chi connectivity index (χ0) is 53.6. The third-order valence-electron chi connectivity index (χ3n) is 14.5. The van der Waals surface area contributed by atoms with Crippen LogP contribution < -0.4 is 25.4 Å². The fraction of sp³-hybridized carbons (Fsp3) is 0.596. The maximum Gasteiger partial charge on any atom is 0.251 e. The molecular formula is C57H78ClN5O11. The predicted octanol–water partition coefficient (Wildman–Crippen LogP) is 8.31. The second-order valence-corrected chi connectivity index (χ2v) is 22.1. The van der Waals surface area contributed by atoms with Crippen LogP contribution in [0.1, 0.15) is 109 Å². The minimum Gasteiger partial charge on any atom is -0.491 e. The van der Waals surface area contributed by atoms with E-state index in [1.165, 1.54) is 0 Å². The highest BCUT2D eigenvalue weighted by Crippen LogP contribution is 2.56. The van der Waals surface area contributed by atoms with E-state index in [0.717, 1.165) is 11.1 Å². The van der Waals surface area contributed by atoms with Crippen molar-refractivity contribution < 1.29 is 52.3 Å². The van der Waals surface area contributed by atoms with Crippen molar-refractivity contribution >= 4 is 40.9 Å². The number of nitrogens with zero attached hydrogens (tertiary/aromatic N) is 2. The van der Waals surface area contributed by atoms with Gasteiger partial charge in [-0.25, -0.2) is 4.85 Å². The topological polar surface area (TPSA) is 177 Å². The first-order chi connectivity index (χ1) is 35.3. The van der Waals surface area contributed by atoms with E-state index < -0.39 is 17.5 Å². The molecule has 5 atom stereocenters. The Kier molecular flexibility index (Phi) is 20.7. The molecule has 2 aliphatic carbocycles. The van der Waals surface area contributed by atoms with Crippen LogP contribution in [0.3, 0.4) is 0 Å². The van der Waals surface area contributed by atoms with Gasteiger partial charge in [0.1, 0.15) is 36.3 Å². The number of nitrogens with one attached hydrogen (secondary N) is 3. The van der Waals surface area contributed by atoms with Gasteiger partial charge in [-0.3, -0.25) is 19.2 Å². The third-order valence-corrected chi connectivity index (χ3v) is 14.8. The molecule has 1 saturated carbocycles. The molecule has 1 heterocycles. The molecule has 0 bridgehead atoms. The highest BCUT2D eigenvalue weighted by Gasteiger charge is 2.64. The summed E-state index contributed by atoms with van der Waals surface area (Å²) in [5.74, 6) is 0.205. The van der Waals surface area contributed by atoms with Crippen molar-refractivity contribution in [3.05, 3.63) is 99.9 Å². The van der Waals surface area contributed by atoms with Gasteiger partial charge in [-0.15, -0.1) is 0 Å². The van der Waals surface area contributed by atoms with E-state index in [4.69, 9.17) is 51.3 Å². The first kappa shape index (κ1) is 58.0. The van der Waals surface area contributed by atoms with Gasteiger partial charge in [0.2, 0.25) is 23.4 Å². The number of likely N-dealkylation sites (tertiary alicyclic amines) is 1. The average molecular weight is 1040 g/mol. The second-order valence-electron chi connectivity index (χ2n) is 21.7. The van der Waals surface area contributed by atoms with Crippen LogP contribution in [0.25, 0.3) is 4.85 Å². The Morgan fingerprint density at radius 3 is 2.00 bits per heavy atom. The summed E-state index contributed by atoms with van der Waals surface area (Å²) in [5.41, 5.74) is 1.73. The first-order valence-electron chi connectivity index (χ1n) is 26.1. The van der Waals surface area contributed by atoms with Gasteiger partial charge in [-0.1, -0.05) is 104 Å². The number of benzene rings is 3. The molecule has 1 saturated heterocycles. The molecule has 6 rings (SSSR count). The Labute approximate surface area is 443 Å². The van der Waals surface area contributed by atoms with Gasteiger partial charge < -0.3 is 54.0 Å². The van der Waals surface area contributed by atoms with E-state index in [9.17, 15) is 19.2 Å². The summed E-state index contributed by atoms with van der Waals surface area (Å²) in [6, 6.07) is 18.2. The zero-order valence-electron chi connectivity index (χ0n) is 44.8. The van der Waals surface area contributed by atoms with Crippen LogP contribution in [-0.2, 0) is 44.5 Å². The molecule has 1 aliphatic heterocycles. The molecule has 0 spiro atoms. The van der Waals surface area contributed by atoms with Crippen molar-refractivity contribution in [3.8, 4) is 11.5 Å². The zero-order valence-corrected chi connectivity index (χ0v) is 45.5. The molecule has 3 aromatic carbocycles. The number of carbonyl (C=O) groups excluding carboxylic acids is 4. The smallest absolute Gasteiger partial charge is 0.251 e. The maximum absolute atomic E-state index is 14.0. The van der Waals surface area contributed by atoms with Gasteiger partial charge >= 0.3 is 0 Å². The SMILES string of the molecule is [C-]#[N+]c1ccc(OC2C(C)(C)C(NC(=O)c3ccc(OCCOCCOCCOCCOCCO[C@@H]4Cc5ccccc5[C@@H]4NC(=O)[C@@H]4CCCN4C(=O)[C@@H](NC(=O)[C@H](C)CC)C(C)(C)C)cc3)C2(C)C)cc1Cl. The normalized spacial score (nSPS) is 21.4. The van der Waals surface area contributed by atoms with Gasteiger partial charge in [0, 0.05) is 41.3 Å². The lowest BCUT2D eigenvalue weighted by molar-refractivity contribution is -0.164. The molecule has 3 N–H and O–H groups in total. The average Bonchev–Trinajstić information content (AvgIpc) is 4.01. The monoisotopic (exact) mass is 1040 g/mol. The molecule has 404 valence electrons. The number of amides is 4. The number of fused-ring (bicyclic) bond motifs is 1. The Morgan fingerprint density at radius 1 is 0.811 bits per heavy atom. The van der Waals surface area contributed by atoms with Gasteiger partial charge in [0.25, 0.3) is 5.91 Å². The number of halogens is 1. The Morgan fingerprint density at radius 2 is 1.41 bits per heavy atom. The number of rotatable bonds is 27. The van der Waals surface area contributed by atoms with Crippen LogP contribution >= 0.6 is 11.6 Å². The molecule has 4 amide bonds. The molecule has 3 aromatic rings. The Hall–Kier alpha value is -5.28. The third kappa shape index (κ3) is 14.8. The van der Waals surface area contributed by atoms with Crippen molar-refractivity contribution in [2.24, 2.45) is 22.2 Å². The fourth-order valence-electron chi connectivity index (χ4n) is 10.5. The predicted molar refractivity (Wildman–Crippen MR) is 283 cm³/mol. The summed E-state index contributed by atoms with van der Waals surface area (Å²) in [4.78, 5) is 59.3. The molecule has 0 unspecified atom stereocenters. The number of ether oxygens (including phenoxy) is 7. The molecule has 16 nitrogen and oxygen atoms in total.